The standard InChI is InChI=1S/C21H21Cl2N3O2S/c1-11-8-12(2)19(13(3)9-11)25-17(27)10-16-20(28)26(4)21(29-16)24-15-7-5-6-14(22)18(15)23/h5-9,16H,10H2,1-4H3,(H,25,27)/t16-/m0/s1. The molecule has 0 spiro atoms. The summed E-state index contributed by atoms with van der Waals surface area (Å²) >= 11 is 13.5. The zero-order chi connectivity index (χ0) is 21.3. The second kappa shape index (κ2) is 8.78. The number of carbonyl (C=O) groups is 2. The van der Waals surface area contributed by atoms with E-state index in [9.17, 15) is 9.59 Å². The lowest BCUT2D eigenvalue weighted by molar-refractivity contribution is -0.127. The quantitative estimate of drug-likeness (QED) is 0.668. The molecular weight excluding hydrogens is 429 g/mol. The van der Waals surface area contributed by atoms with Crippen LogP contribution in [0.2, 0.25) is 10.0 Å². The number of amidine groups is 1. The minimum atomic E-state index is -0.539. The van der Waals surface area contributed by atoms with Gasteiger partial charge in [-0.1, -0.05) is 58.7 Å². The Morgan fingerprint density at radius 3 is 2.52 bits per heavy atom. The Hall–Kier alpha value is -2.02. The summed E-state index contributed by atoms with van der Waals surface area (Å²) in [5, 5.41) is 3.62. The average molecular weight is 450 g/mol. The van der Waals surface area contributed by atoms with Gasteiger partial charge in [-0.25, -0.2) is 4.99 Å². The number of carbonyl (C=O) groups excluding carboxylic acids is 2. The highest BCUT2D eigenvalue weighted by Gasteiger charge is 2.37. The first-order valence-electron chi connectivity index (χ1n) is 9.02. The van der Waals surface area contributed by atoms with E-state index in [1.807, 2.05) is 32.9 Å². The van der Waals surface area contributed by atoms with Crippen LogP contribution >= 0.6 is 35.0 Å². The van der Waals surface area contributed by atoms with Gasteiger partial charge in [-0.05, 0) is 44.0 Å². The van der Waals surface area contributed by atoms with Gasteiger partial charge in [0.15, 0.2) is 5.17 Å². The molecule has 0 bridgehead atoms. The summed E-state index contributed by atoms with van der Waals surface area (Å²) in [5.74, 6) is -0.374. The number of benzene rings is 2. The van der Waals surface area contributed by atoms with E-state index in [0.717, 1.165) is 22.4 Å². The highest BCUT2D eigenvalue weighted by Crippen LogP contribution is 2.36. The molecule has 152 valence electrons. The Balaban J connectivity index is 1.74. The number of anilines is 1. The first kappa shape index (κ1) is 21.7. The van der Waals surface area contributed by atoms with Gasteiger partial charge in [0, 0.05) is 19.2 Å². The molecule has 29 heavy (non-hydrogen) atoms. The summed E-state index contributed by atoms with van der Waals surface area (Å²) in [6.07, 6.45) is 0.0584. The first-order chi connectivity index (χ1) is 13.7. The highest BCUT2D eigenvalue weighted by molar-refractivity contribution is 8.15. The molecule has 1 aliphatic rings. The summed E-state index contributed by atoms with van der Waals surface area (Å²) in [7, 11) is 1.64. The monoisotopic (exact) mass is 449 g/mol. The van der Waals surface area contributed by atoms with Crippen LogP contribution in [0.15, 0.2) is 35.3 Å². The zero-order valence-corrected chi connectivity index (χ0v) is 18.9. The van der Waals surface area contributed by atoms with E-state index in [2.05, 4.69) is 10.3 Å². The normalized spacial score (nSPS) is 17.9. The van der Waals surface area contributed by atoms with E-state index in [4.69, 9.17) is 23.2 Å². The van der Waals surface area contributed by atoms with Crippen LogP contribution in [0.5, 0.6) is 0 Å². The van der Waals surface area contributed by atoms with Gasteiger partial charge < -0.3 is 5.32 Å². The number of hydrogen-bond acceptors (Lipinski definition) is 4. The second-order valence-electron chi connectivity index (χ2n) is 7.00. The van der Waals surface area contributed by atoms with Crippen molar-refractivity contribution in [3.63, 3.8) is 0 Å². The lowest BCUT2D eigenvalue weighted by Gasteiger charge is -2.14. The van der Waals surface area contributed by atoms with E-state index in [1.54, 1.807) is 25.2 Å². The maximum absolute atomic E-state index is 12.6. The fraction of sp³-hybridized carbons (Fsp3) is 0.286. The summed E-state index contributed by atoms with van der Waals surface area (Å²) < 4.78 is 0. The van der Waals surface area contributed by atoms with Crippen LogP contribution in [0.25, 0.3) is 0 Å². The van der Waals surface area contributed by atoms with E-state index in [1.165, 1.54) is 16.7 Å². The predicted molar refractivity (Wildman–Crippen MR) is 122 cm³/mol. The third kappa shape index (κ3) is 4.77. The number of aliphatic imine (C=N–C) groups is 1. The molecule has 0 saturated carbocycles. The van der Waals surface area contributed by atoms with E-state index in [0.29, 0.717) is 20.9 Å². The van der Waals surface area contributed by atoms with Gasteiger partial charge in [-0.3, -0.25) is 14.5 Å². The van der Waals surface area contributed by atoms with Gasteiger partial charge in [0.2, 0.25) is 11.8 Å². The van der Waals surface area contributed by atoms with Crippen molar-refractivity contribution < 1.29 is 9.59 Å². The molecule has 0 radical (unpaired) electrons. The summed E-state index contributed by atoms with van der Waals surface area (Å²) in [6.45, 7) is 5.93. The number of amides is 2. The van der Waals surface area contributed by atoms with Crippen LogP contribution in [-0.2, 0) is 9.59 Å². The second-order valence-corrected chi connectivity index (χ2v) is 8.95. The van der Waals surface area contributed by atoms with Crippen LogP contribution in [0, 0.1) is 20.8 Å². The minimum Gasteiger partial charge on any atom is -0.326 e. The number of hydrogen-bond donors (Lipinski definition) is 1. The molecule has 1 fully saturated rings. The lowest BCUT2D eigenvalue weighted by atomic mass is 10.0. The number of nitrogens with zero attached hydrogens (tertiary/aromatic N) is 2. The fourth-order valence-electron chi connectivity index (χ4n) is 3.22. The Morgan fingerprint density at radius 2 is 1.86 bits per heavy atom. The number of nitrogens with one attached hydrogen (secondary N) is 1. The number of rotatable bonds is 4. The number of aryl methyl sites for hydroxylation is 3. The Bertz CT molecular complexity index is 1000. The number of thioether (sulfide) groups is 1. The van der Waals surface area contributed by atoms with Crippen molar-refractivity contribution in [1.29, 1.82) is 0 Å². The van der Waals surface area contributed by atoms with Crippen molar-refractivity contribution in [2.24, 2.45) is 4.99 Å². The van der Waals surface area contributed by atoms with Crippen LogP contribution in [0.4, 0.5) is 11.4 Å². The topological polar surface area (TPSA) is 61.8 Å². The summed E-state index contributed by atoms with van der Waals surface area (Å²) in [4.78, 5) is 31.1. The fourth-order valence-corrected chi connectivity index (χ4v) is 4.70. The SMILES string of the molecule is Cc1cc(C)c(NC(=O)C[C@@H]2SC(=Nc3cccc(Cl)c3Cl)N(C)C2=O)c(C)c1. The van der Waals surface area contributed by atoms with Crippen molar-refractivity contribution in [1.82, 2.24) is 4.90 Å². The molecule has 1 heterocycles. The molecule has 2 aromatic rings. The molecule has 8 heteroatoms. The van der Waals surface area contributed by atoms with Crippen LogP contribution in [0.1, 0.15) is 23.1 Å². The number of halogens is 2. The maximum atomic E-state index is 12.6. The van der Waals surface area contributed by atoms with Crippen molar-refractivity contribution in [2.75, 3.05) is 12.4 Å². The molecule has 3 rings (SSSR count). The molecule has 1 atom stereocenters. The van der Waals surface area contributed by atoms with E-state index < -0.39 is 5.25 Å². The molecular formula is C21H21Cl2N3O2S. The van der Waals surface area contributed by atoms with Gasteiger partial charge in [0.1, 0.15) is 5.25 Å². The first-order valence-corrected chi connectivity index (χ1v) is 10.7. The minimum absolute atomic E-state index is 0.0584. The molecule has 2 amide bonds. The third-order valence-corrected chi connectivity index (χ3v) is 6.64. The van der Waals surface area contributed by atoms with Gasteiger partial charge in [-0.2, -0.15) is 0 Å². The molecule has 0 aromatic heterocycles. The Morgan fingerprint density at radius 1 is 1.21 bits per heavy atom. The predicted octanol–water partition coefficient (Wildman–Crippen LogP) is 5.51. The highest BCUT2D eigenvalue weighted by atomic mass is 35.5. The van der Waals surface area contributed by atoms with Crippen LogP contribution in [0.3, 0.4) is 0 Å². The Kier molecular flexibility index (Phi) is 6.56. The summed E-state index contributed by atoms with van der Waals surface area (Å²) in [6, 6.07) is 9.18. The van der Waals surface area contributed by atoms with E-state index >= 15 is 0 Å². The molecule has 5 nitrogen and oxygen atoms in total. The van der Waals surface area contributed by atoms with Gasteiger partial charge in [0.05, 0.1) is 15.7 Å². The van der Waals surface area contributed by atoms with Crippen molar-refractivity contribution in [3.8, 4) is 0 Å². The summed E-state index contributed by atoms with van der Waals surface area (Å²) in [5.41, 5.74) is 4.41. The van der Waals surface area contributed by atoms with E-state index in [-0.39, 0.29) is 18.2 Å². The van der Waals surface area contributed by atoms with Gasteiger partial charge in [-0.15, -0.1) is 0 Å². The third-order valence-electron chi connectivity index (χ3n) is 4.60. The molecule has 0 aliphatic carbocycles. The smallest absolute Gasteiger partial charge is 0.242 e. The van der Waals surface area contributed by atoms with Gasteiger partial charge >= 0.3 is 0 Å². The van der Waals surface area contributed by atoms with Crippen molar-refractivity contribution in [3.05, 3.63) is 57.1 Å². The molecule has 1 N–H and O–H groups in total. The van der Waals surface area contributed by atoms with Crippen molar-refractivity contribution in [2.45, 2.75) is 32.4 Å². The molecule has 2 aromatic carbocycles. The molecule has 1 saturated heterocycles. The average Bonchev–Trinajstić information content (AvgIpc) is 2.90. The van der Waals surface area contributed by atoms with Crippen LogP contribution < -0.4 is 5.32 Å². The van der Waals surface area contributed by atoms with Gasteiger partial charge in [0.25, 0.3) is 0 Å². The van der Waals surface area contributed by atoms with Crippen LogP contribution in [-0.4, -0.2) is 34.2 Å². The molecule has 0 unspecified atom stereocenters. The largest absolute Gasteiger partial charge is 0.326 e. The van der Waals surface area contributed by atoms with Crippen molar-refractivity contribution >= 4 is 63.3 Å². The Labute approximate surface area is 184 Å². The maximum Gasteiger partial charge on any atom is 0.242 e. The lowest BCUT2D eigenvalue weighted by Crippen LogP contribution is -2.30. The zero-order valence-electron chi connectivity index (χ0n) is 16.5. The molecule has 1 aliphatic heterocycles.